The molecular formula is C24H37N5O2. The van der Waals surface area contributed by atoms with Crippen LogP contribution in [0.25, 0.3) is 0 Å². The molecule has 2 N–H and O–H groups in total. The van der Waals surface area contributed by atoms with Crippen LogP contribution in [0.2, 0.25) is 0 Å². The molecule has 7 heteroatoms. The molecule has 1 aliphatic carbocycles. The van der Waals surface area contributed by atoms with Gasteiger partial charge in [0.25, 0.3) is 0 Å². The Bertz CT molecular complexity index is 782. The molecule has 1 saturated carbocycles. The van der Waals surface area contributed by atoms with Crippen molar-refractivity contribution in [3.8, 4) is 0 Å². The van der Waals surface area contributed by atoms with Crippen LogP contribution in [0.15, 0.2) is 29.3 Å². The molecule has 7 nitrogen and oxygen atoms in total. The van der Waals surface area contributed by atoms with Gasteiger partial charge >= 0.3 is 0 Å². The second-order valence-electron chi connectivity index (χ2n) is 8.97. The molecule has 1 heterocycles. The topological polar surface area (TPSA) is 77.0 Å². The van der Waals surface area contributed by atoms with Crippen LogP contribution in [0, 0.1) is 5.41 Å². The minimum atomic E-state index is -0.325. The number of nitrogens with zero attached hydrogens (tertiary/aromatic N) is 3. The average molecular weight is 428 g/mol. The van der Waals surface area contributed by atoms with Crippen LogP contribution in [-0.4, -0.2) is 61.3 Å². The number of nitrogens with one attached hydrogen (secondary N) is 2. The summed E-state index contributed by atoms with van der Waals surface area (Å²) in [7, 11) is 3.68. The summed E-state index contributed by atoms with van der Waals surface area (Å²) in [5.41, 5.74) is 1.95. The van der Waals surface area contributed by atoms with Crippen LogP contribution in [-0.2, 0) is 22.7 Å². The van der Waals surface area contributed by atoms with Crippen molar-refractivity contribution in [2.24, 2.45) is 10.4 Å². The lowest BCUT2D eigenvalue weighted by Gasteiger charge is -2.31. The van der Waals surface area contributed by atoms with E-state index in [1.165, 1.54) is 0 Å². The molecule has 0 unspecified atom stereocenters. The van der Waals surface area contributed by atoms with Gasteiger partial charge in [0.05, 0.1) is 12.0 Å². The molecule has 0 atom stereocenters. The van der Waals surface area contributed by atoms with Gasteiger partial charge in [-0.05, 0) is 37.3 Å². The lowest BCUT2D eigenvalue weighted by molar-refractivity contribution is -0.138. The van der Waals surface area contributed by atoms with E-state index in [-0.39, 0.29) is 17.2 Å². The van der Waals surface area contributed by atoms with Crippen LogP contribution in [0.5, 0.6) is 0 Å². The first-order valence-corrected chi connectivity index (χ1v) is 11.5. The van der Waals surface area contributed by atoms with E-state index in [0.29, 0.717) is 26.1 Å². The summed E-state index contributed by atoms with van der Waals surface area (Å²) in [6.45, 7) is 5.53. The van der Waals surface area contributed by atoms with E-state index in [1.807, 2.05) is 25.9 Å². The van der Waals surface area contributed by atoms with Crippen molar-refractivity contribution in [1.82, 2.24) is 20.4 Å². The Balaban J connectivity index is 1.58. The van der Waals surface area contributed by atoms with Crippen LogP contribution in [0.4, 0.5) is 0 Å². The van der Waals surface area contributed by atoms with Crippen molar-refractivity contribution in [2.45, 2.75) is 58.5 Å². The molecule has 2 fully saturated rings. The average Bonchev–Trinajstić information content (AvgIpc) is 3.40. The number of aliphatic imine (C=N–C) groups is 1. The molecule has 31 heavy (non-hydrogen) atoms. The maximum Gasteiger partial charge on any atom is 0.230 e. The summed E-state index contributed by atoms with van der Waals surface area (Å²) in [4.78, 5) is 33.0. The maximum atomic E-state index is 12.8. The number of benzene rings is 1. The molecule has 0 spiro atoms. The van der Waals surface area contributed by atoms with E-state index < -0.39 is 0 Å². The Labute approximate surface area is 186 Å². The van der Waals surface area contributed by atoms with Gasteiger partial charge in [-0.2, -0.15) is 0 Å². The number of amides is 2. The first kappa shape index (κ1) is 23.1. The summed E-state index contributed by atoms with van der Waals surface area (Å²) in [6, 6.07) is 8.33. The molecule has 0 bridgehead atoms. The van der Waals surface area contributed by atoms with Crippen molar-refractivity contribution in [2.75, 3.05) is 33.7 Å². The molecule has 3 rings (SSSR count). The van der Waals surface area contributed by atoms with Crippen molar-refractivity contribution in [3.63, 3.8) is 0 Å². The first-order valence-electron chi connectivity index (χ1n) is 11.5. The second-order valence-corrected chi connectivity index (χ2v) is 8.97. The van der Waals surface area contributed by atoms with Crippen LogP contribution >= 0.6 is 0 Å². The zero-order valence-electron chi connectivity index (χ0n) is 19.2. The van der Waals surface area contributed by atoms with Gasteiger partial charge in [-0.3, -0.25) is 9.59 Å². The first-order chi connectivity index (χ1) is 14.9. The fourth-order valence-corrected chi connectivity index (χ4v) is 4.60. The van der Waals surface area contributed by atoms with E-state index in [1.54, 1.807) is 4.90 Å². The van der Waals surface area contributed by atoms with Crippen molar-refractivity contribution in [3.05, 3.63) is 35.4 Å². The van der Waals surface area contributed by atoms with Crippen molar-refractivity contribution >= 4 is 17.8 Å². The number of carbonyl (C=O) groups is 2. The summed E-state index contributed by atoms with van der Waals surface area (Å²) >= 11 is 0. The Morgan fingerprint density at radius 1 is 1.10 bits per heavy atom. The van der Waals surface area contributed by atoms with Gasteiger partial charge in [0.2, 0.25) is 11.8 Å². The Kier molecular flexibility index (Phi) is 7.93. The molecule has 1 aromatic carbocycles. The lowest BCUT2D eigenvalue weighted by atomic mass is 9.84. The third-order valence-corrected chi connectivity index (χ3v) is 6.35. The number of rotatable bonds is 8. The number of likely N-dealkylation sites (tertiary alicyclic amines) is 1. The van der Waals surface area contributed by atoms with E-state index in [9.17, 15) is 9.59 Å². The monoisotopic (exact) mass is 427 g/mol. The van der Waals surface area contributed by atoms with Crippen LogP contribution in [0.1, 0.15) is 56.6 Å². The standard InChI is InChI=1S/C24H37N5O2/c1-4-25-23(27-18-24(13-5-6-14-24)22(31)28(2)3)26-16-19-9-11-20(12-10-19)17-29-15-7-8-21(29)30/h9-12H,4-8,13-18H2,1-3H3,(H2,25,26,27). The highest BCUT2D eigenvalue weighted by Crippen LogP contribution is 2.38. The van der Waals surface area contributed by atoms with E-state index in [0.717, 1.165) is 62.3 Å². The summed E-state index contributed by atoms with van der Waals surface area (Å²) in [5, 5.41) is 6.72. The predicted octanol–water partition coefficient (Wildman–Crippen LogP) is 2.51. The van der Waals surface area contributed by atoms with Crippen LogP contribution < -0.4 is 10.6 Å². The van der Waals surface area contributed by atoms with Crippen molar-refractivity contribution in [1.29, 1.82) is 0 Å². The number of hydrogen-bond donors (Lipinski definition) is 2. The molecule has 2 amide bonds. The molecule has 0 radical (unpaired) electrons. The van der Waals surface area contributed by atoms with E-state index in [4.69, 9.17) is 4.99 Å². The van der Waals surface area contributed by atoms with Gasteiger partial charge in [-0.25, -0.2) is 4.99 Å². The van der Waals surface area contributed by atoms with Gasteiger partial charge in [0.1, 0.15) is 0 Å². The molecule has 2 aliphatic rings. The fourth-order valence-electron chi connectivity index (χ4n) is 4.60. The molecule has 1 aromatic rings. The van der Waals surface area contributed by atoms with Gasteiger partial charge in [-0.1, -0.05) is 37.1 Å². The smallest absolute Gasteiger partial charge is 0.230 e. The number of carbonyl (C=O) groups excluding carboxylic acids is 2. The number of hydrogen-bond acceptors (Lipinski definition) is 3. The Hall–Kier alpha value is -2.57. The second kappa shape index (κ2) is 10.6. The quantitative estimate of drug-likeness (QED) is 0.494. The molecule has 0 aromatic heterocycles. The van der Waals surface area contributed by atoms with Crippen LogP contribution in [0.3, 0.4) is 0 Å². The maximum absolute atomic E-state index is 12.8. The minimum Gasteiger partial charge on any atom is -0.357 e. The zero-order chi connectivity index (χ0) is 22.3. The predicted molar refractivity (Wildman–Crippen MR) is 124 cm³/mol. The molecular weight excluding hydrogens is 390 g/mol. The SMILES string of the molecule is CCNC(=NCc1ccc(CN2CCCC2=O)cc1)NCC1(C(=O)N(C)C)CCCC1. The highest BCUT2D eigenvalue weighted by Gasteiger charge is 2.42. The fraction of sp³-hybridized carbons (Fsp3) is 0.625. The highest BCUT2D eigenvalue weighted by atomic mass is 16.2. The summed E-state index contributed by atoms with van der Waals surface area (Å²) in [5.74, 6) is 1.20. The molecule has 170 valence electrons. The minimum absolute atomic E-state index is 0.209. The van der Waals surface area contributed by atoms with E-state index in [2.05, 4.69) is 34.9 Å². The van der Waals surface area contributed by atoms with Gasteiger partial charge < -0.3 is 20.4 Å². The largest absolute Gasteiger partial charge is 0.357 e. The highest BCUT2D eigenvalue weighted by molar-refractivity contribution is 5.85. The van der Waals surface area contributed by atoms with Gasteiger partial charge in [0, 0.05) is 46.7 Å². The summed E-state index contributed by atoms with van der Waals surface area (Å²) < 4.78 is 0. The third kappa shape index (κ3) is 5.99. The molecule has 1 saturated heterocycles. The molecule has 1 aliphatic heterocycles. The Morgan fingerprint density at radius 3 is 2.35 bits per heavy atom. The lowest BCUT2D eigenvalue weighted by Crippen LogP contribution is -2.49. The summed E-state index contributed by atoms with van der Waals surface area (Å²) in [6.07, 6.45) is 5.70. The van der Waals surface area contributed by atoms with E-state index >= 15 is 0 Å². The normalized spacial score (nSPS) is 18.4. The number of guanidine groups is 1. The third-order valence-electron chi connectivity index (χ3n) is 6.35. The van der Waals surface area contributed by atoms with Crippen molar-refractivity contribution < 1.29 is 9.59 Å². The Morgan fingerprint density at radius 2 is 1.77 bits per heavy atom. The zero-order valence-corrected chi connectivity index (χ0v) is 19.2. The van der Waals surface area contributed by atoms with Gasteiger partial charge in [0.15, 0.2) is 5.96 Å². The van der Waals surface area contributed by atoms with Gasteiger partial charge in [-0.15, -0.1) is 0 Å².